The van der Waals surface area contributed by atoms with Crippen LogP contribution in [0.4, 0.5) is 4.39 Å². The maximum Gasteiger partial charge on any atom is 0.328 e. The molecule has 0 fully saturated rings. The van der Waals surface area contributed by atoms with Crippen molar-refractivity contribution in [3.05, 3.63) is 30.1 Å². The fraction of sp³-hybridized carbons (Fsp3) is 0.333. The molecule has 1 aromatic carbocycles. The smallest absolute Gasteiger partial charge is 0.328 e. The van der Waals surface area contributed by atoms with Crippen LogP contribution >= 0.6 is 0 Å². The Morgan fingerprint density at radius 1 is 1.47 bits per heavy atom. The van der Waals surface area contributed by atoms with Crippen molar-refractivity contribution >= 4 is 11.9 Å². The fourth-order valence-corrected chi connectivity index (χ4v) is 1.27. The molecule has 0 saturated carbocycles. The molecule has 0 aliphatic carbocycles. The van der Waals surface area contributed by atoms with Crippen LogP contribution in [0, 0.1) is 5.82 Å². The Morgan fingerprint density at radius 3 is 2.68 bits per heavy atom. The van der Waals surface area contributed by atoms with Crippen LogP contribution in [0.1, 0.15) is 6.92 Å². The van der Waals surface area contributed by atoms with Crippen LogP contribution in [0.3, 0.4) is 0 Å². The number of aliphatic hydroxyl groups excluding tert-OH is 1. The van der Waals surface area contributed by atoms with Gasteiger partial charge in [-0.1, -0.05) is 6.07 Å². The molecule has 3 N–H and O–H groups in total. The highest BCUT2D eigenvalue weighted by molar-refractivity contribution is 5.86. The quantitative estimate of drug-likeness (QED) is 0.684. The second kappa shape index (κ2) is 6.69. The van der Waals surface area contributed by atoms with Gasteiger partial charge in [-0.15, -0.1) is 0 Å². The predicted octanol–water partition coefficient (Wildman–Crippen LogP) is 0.155. The van der Waals surface area contributed by atoms with Gasteiger partial charge in [0.1, 0.15) is 17.6 Å². The third-order valence-electron chi connectivity index (χ3n) is 2.28. The Bertz CT molecular complexity index is 465. The number of carboxylic acids is 1. The molecule has 19 heavy (non-hydrogen) atoms. The number of benzene rings is 1. The Hall–Kier alpha value is -2.15. The molecule has 0 aromatic heterocycles. The summed E-state index contributed by atoms with van der Waals surface area (Å²) in [5, 5.41) is 19.5. The normalized spacial score (nSPS) is 13.4. The standard InChI is InChI=1S/C12H14FNO5/c1-7(11(16)14-10(6-15)12(17)18)19-9-4-2-3-8(13)5-9/h2-5,7,10,15H,6H2,1H3,(H,14,16)(H,17,18)/t7?,10-/m0/s1. The Labute approximate surface area is 108 Å². The second-order valence-corrected chi connectivity index (χ2v) is 3.80. The number of carboxylic acid groups (broad SMARTS) is 1. The van der Waals surface area contributed by atoms with Crippen molar-refractivity contribution in [2.75, 3.05) is 6.61 Å². The first kappa shape index (κ1) is 14.9. The van der Waals surface area contributed by atoms with Gasteiger partial charge < -0.3 is 20.3 Å². The van der Waals surface area contributed by atoms with Gasteiger partial charge in [0, 0.05) is 6.07 Å². The van der Waals surface area contributed by atoms with Crippen LogP contribution in [-0.2, 0) is 9.59 Å². The first-order chi connectivity index (χ1) is 8.93. The van der Waals surface area contributed by atoms with E-state index >= 15 is 0 Å². The number of hydrogen-bond donors (Lipinski definition) is 3. The molecular formula is C12H14FNO5. The maximum absolute atomic E-state index is 12.9. The van der Waals surface area contributed by atoms with E-state index in [1.54, 1.807) is 0 Å². The lowest BCUT2D eigenvalue weighted by Crippen LogP contribution is -2.48. The minimum absolute atomic E-state index is 0.151. The van der Waals surface area contributed by atoms with Crippen molar-refractivity contribution in [3.8, 4) is 5.75 Å². The average molecular weight is 271 g/mol. The van der Waals surface area contributed by atoms with E-state index in [9.17, 15) is 14.0 Å². The number of rotatable bonds is 6. The van der Waals surface area contributed by atoms with Gasteiger partial charge in [-0.25, -0.2) is 9.18 Å². The Kier molecular flexibility index (Phi) is 5.25. The zero-order valence-electron chi connectivity index (χ0n) is 10.2. The van der Waals surface area contributed by atoms with Gasteiger partial charge >= 0.3 is 5.97 Å². The Morgan fingerprint density at radius 2 is 2.16 bits per heavy atom. The summed E-state index contributed by atoms with van der Waals surface area (Å²) < 4.78 is 18.1. The van der Waals surface area contributed by atoms with Crippen molar-refractivity contribution in [3.63, 3.8) is 0 Å². The lowest BCUT2D eigenvalue weighted by atomic mass is 10.2. The van der Waals surface area contributed by atoms with E-state index in [0.29, 0.717) is 0 Å². The van der Waals surface area contributed by atoms with Crippen LogP contribution in [-0.4, -0.2) is 40.8 Å². The number of aliphatic hydroxyl groups is 1. The lowest BCUT2D eigenvalue weighted by Gasteiger charge is -2.17. The summed E-state index contributed by atoms with van der Waals surface area (Å²) in [5.41, 5.74) is 0. The Balaban J connectivity index is 2.60. The average Bonchev–Trinajstić information content (AvgIpc) is 2.35. The van der Waals surface area contributed by atoms with Crippen LogP contribution in [0.25, 0.3) is 0 Å². The van der Waals surface area contributed by atoms with Crippen LogP contribution in [0.5, 0.6) is 5.75 Å². The third kappa shape index (κ3) is 4.55. The molecule has 0 bridgehead atoms. The minimum atomic E-state index is -1.40. The van der Waals surface area contributed by atoms with Crippen molar-refractivity contribution in [2.24, 2.45) is 0 Å². The predicted molar refractivity (Wildman–Crippen MR) is 63.1 cm³/mol. The van der Waals surface area contributed by atoms with E-state index in [1.165, 1.54) is 25.1 Å². The number of carbonyl (C=O) groups is 2. The van der Waals surface area contributed by atoms with Crippen LogP contribution in [0.15, 0.2) is 24.3 Å². The molecule has 0 saturated heterocycles. The van der Waals surface area contributed by atoms with Gasteiger partial charge in [-0.3, -0.25) is 4.79 Å². The molecule has 0 heterocycles. The highest BCUT2D eigenvalue weighted by atomic mass is 19.1. The lowest BCUT2D eigenvalue weighted by molar-refractivity contribution is -0.144. The molecule has 0 radical (unpaired) electrons. The maximum atomic E-state index is 12.9. The summed E-state index contributed by atoms with van der Waals surface area (Å²) in [4.78, 5) is 22.2. The molecule has 0 spiro atoms. The first-order valence-electron chi connectivity index (χ1n) is 5.50. The molecule has 1 amide bonds. The summed E-state index contributed by atoms with van der Waals surface area (Å²) in [6, 6.07) is 3.82. The van der Waals surface area contributed by atoms with E-state index in [0.717, 1.165) is 6.07 Å². The molecule has 6 nitrogen and oxygen atoms in total. The van der Waals surface area contributed by atoms with Crippen molar-refractivity contribution in [1.82, 2.24) is 5.32 Å². The largest absolute Gasteiger partial charge is 0.481 e. The molecule has 7 heteroatoms. The molecule has 1 aromatic rings. The first-order valence-corrected chi connectivity index (χ1v) is 5.50. The van der Waals surface area contributed by atoms with Gasteiger partial charge in [0.15, 0.2) is 6.10 Å². The van der Waals surface area contributed by atoms with E-state index in [4.69, 9.17) is 14.9 Å². The zero-order valence-corrected chi connectivity index (χ0v) is 10.2. The van der Waals surface area contributed by atoms with Gasteiger partial charge in [-0.2, -0.15) is 0 Å². The van der Waals surface area contributed by atoms with Crippen molar-refractivity contribution in [1.29, 1.82) is 0 Å². The summed E-state index contributed by atoms with van der Waals surface area (Å²) in [6.45, 7) is 0.657. The molecular weight excluding hydrogens is 257 g/mol. The highest BCUT2D eigenvalue weighted by Gasteiger charge is 2.23. The molecule has 1 unspecified atom stereocenters. The summed E-state index contributed by atoms with van der Waals surface area (Å²) in [6.07, 6.45) is -1.02. The highest BCUT2D eigenvalue weighted by Crippen LogP contribution is 2.13. The molecule has 2 atom stereocenters. The molecule has 0 aliphatic heterocycles. The van der Waals surface area contributed by atoms with Gasteiger partial charge in [-0.05, 0) is 19.1 Å². The minimum Gasteiger partial charge on any atom is -0.481 e. The van der Waals surface area contributed by atoms with E-state index < -0.39 is 36.4 Å². The summed E-state index contributed by atoms with van der Waals surface area (Å²) in [5.74, 6) is -2.43. The van der Waals surface area contributed by atoms with Crippen molar-refractivity contribution < 1.29 is 28.9 Å². The second-order valence-electron chi connectivity index (χ2n) is 3.80. The zero-order chi connectivity index (χ0) is 14.4. The van der Waals surface area contributed by atoms with Gasteiger partial charge in [0.25, 0.3) is 5.91 Å². The van der Waals surface area contributed by atoms with Crippen molar-refractivity contribution in [2.45, 2.75) is 19.1 Å². The monoisotopic (exact) mass is 271 g/mol. The van der Waals surface area contributed by atoms with E-state index in [-0.39, 0.29) is 5.75 Å². The summed E-state index contributed by atoms with van der Waals surface area (Å²) in [7, 11) is 0. The summed E-state index contributed by atoms with van der Waals surface area (Å²) >= 11 is 0. The fourth-order valence-electron chi connectivity index (χ4n) is 1.27. The van der Waals surface area contributed by atoms with Crippen LogP contribution in [0.2, 0.25) is 0 Å². The van der Waals surface area contributed by atoms with Gasteiger partial charge in [0.2, 0.25) is 0 Å². The topological polar surface area (TPSA) is 95.9 Å². The van der Waals surface area contributed by atoms with Crippen LogP contribution < -0.4 is 10.1 Å². The third-order valence-corrected chi connectivity index (χ3v) is 2.28. The van der Waals surface area contributed by atoms with E-state index in [1.807, 2.05) is 0 Å². The number of halogens is 1. The number of ether oxygens (including phenoxy) is 1. The number of aliphatic carboxylic acids is 1. The molecule has 0 aliphatic rings. The SMILES string of the molecule is CC(Oc1cccc(F)c1)C(=O)N[C@@H](CO)C(=O)O. The van der Waals surface area contributed by atoms with E-state index in [2.05, 4.69) is 5.32 Å². The number of amides is 1. The van der Waals surface area contributed by atoms with Gasteiger partial charge in [0.05, 0.1) is 6.61 Å². The molecule has 1 rings (SSSR count). The number of carbonyl (C=O) groups excluding carboxylic acids is 1. The molecule has 104 valence electrons. The number of hydrogen-bond acceptors (Lipinski definition) is 4. The number of nitrogens with one attached hydrogen (secondary N) is 1.